The molecular formula is C16H18N7P. The lowest BCUT2D eigenvalue weighted by Gasteiger charge is -2.21. The van der Waals surface area contributed by atoms with Crippen LogP contribution in [0.4, 0.5) is 0 Å². The number of nitriles is 1. The molecule has 0 radical (unpaired) electrons. The molecule has 3 aromatic heterocycles. The summed E-state index contributed by atoms with van der Waals surface area (Å²) in [6, 6.07) is 4.38. The number of rotatable bonds is 4. The van der Waals surface area contributed by atoms with Gasteiger partial charge in [0.15, 0.2) is 0 Å². The lowest BCUT2D eigenvalue weighted by molar-refractivity contribution is 0.320. The first kappa shape index (κ1) is 15.3. The largest absolute Gasteiger partial charge is 0.346 e. The van der Waals surface area contributed by atoms with Crippen LogP contribution in [0.5, 0.6) is 0 Å². The quantitative estimate of drug-likeness (QED) is 0.738. The first-order valence-corrected chi connectivity index (χ1v) is 8.47. The molecule has 0 aromatic carbocycles. The standard InChI is InChI=1S/C16H18N7P/c17-4-1-14(11-3-6-22(24)8-11)23-9-12(7-21-23)15-13-2-5-18-16(13)20-10-19-15/h2,5,7,9-11,14H,1,3,6,8,24H2,(H,18,19,20). The highest BCUT2D eigenvalue weighted by Gasteiger charge is 2.29. The van der Waals surface area contributed by atoms with Crippen LogP contribution in [0.2, 0.25) is 0 Å². The molecule has 0 amide bonds. The third-order valence-corrected chi connectivity index (χ3v) is 5.14. The smallest absolute Gasteiger partial charge is 0.141 e. The summed E-state index contributed by atoms with van der Waals surface area (Å²) in [5.74, 6) is 0.438. The second-order valence-electron chi connectivity index (χ2n) is 6.14. The highest BCUT2D eigenvalue weighted by molar-refractivity contribution is 7.13. The van der Waals surface area contributed by atoms with E-state index in [9.17, 15) is 5.26 Å². The molecule has 1 saturated heterocycles. The second-order valence-corrected chi connectivity index (χ2v) is 6.87. The maximum atomic E-state index is 9.23. The van der Waals surface area contributed by atoms with Gasteiger partial charge in [-0.2, -0.15) is 10.4 Å². The molecule has 4 rings (SSSR count). The van der Waals surface area contributed by atoms with E-state index in [1.54, 1.807) is 6.33 Å². The Balaban J connectivity index is 1.68. The maximum Gasteiger partial charge on any atom is 0.141 e. The first-order valence-electron chi connectivity index (χ1n) is 7.95. The van der Waals surface area contributed by atoms with Crippen LogP contribution in [0.15, 0.2) is 31.0 Å². The van der Waals surface area contributed by atoms with Crippen molar-refractivity contribution in [1.29, 1.82) is 5.26 Å². The third-order valence-electron chi connectivity index (χ3n) is 4.67. The van der Waals surface area contributed by atoms with Gasteiger partial charge < -0.3 is 4.98 Å². The molecule has 1 fully saturated rings. The lowest BCUT2D eigenvalue weighted by Crippen LogP contribution is -2.21. The summed E-state index contributed by atoms with van der Waals surface area (Å²) in [5.41, 5.74) is 2.63. The molecule has 0 spiro atoms. The van der Waals surface area contributed by atoms with Crippen LogP contribution in [0.3, 0.4) is 0 Å². The summed E-state index contributed by atoms with van der Waals surface area (Å²) in [4.78, 5) is 11.7. The number of aromatic nitrogens is 5. The molecule has 122 valence electrons. The van der Waals surface area contributed by atoms with E-state index in [1.165, 1.54) is 0 Å². The van der Waals surface area contributed by atoms with Gasteiger partial charge in [-0.25, -0.2) is 9.97 Å². The first-order chi connectivity index (χ1) is 11.8. The molecule has 0 aliphatic carbocycles. The molecule has 7 nitrogen and oxygen atoms in total. The minimum absolute atomic E-state index is 0.0952. The minimum atomic E-state index is 0.0952. The van der Waals surface area contributed by atoms with Gasteiger partial charge in [0.2, 0.25) is 0 Å². The van der Waals surface area contributed by atoms with Crippen molar-refractivity contribution in [2.75, 3.05) is 13.1 Å². The zero-order valence-electron chi connectivity index (χ0n) is 13.1. The number of nitrogens with one attached hydrogen (secondary N) is 1. The molecule has 1 N–H and O–H groups in total. The Bertz CT molecular complexity index is 893. The monoisotopic (exact) mass is 339 g/mol. The molecule has 0 bridgehead atoms. The van der Waals surface area contributed by atoms with Gasteiger partial charge in [-0.1, -0.05) is 9.39 Å². The van der Waals surface area contributed by atoms with Gasteiger partial charge in [-0.05, 0) is 18.4 Å². The van der Waals surface area contributed by atoms with Crippen LogP contribution >= 0.6 is 9.39 Å². The Morgan fingerprint density at radius 3 is 3.17 bits per heavy atom. The van der Waals surface area contributed by atoms with Crippen LogP contribution in [-0.4, -0.2) is 42.5 Å². The van der Waals surface area contributed by atoms with Crippen LogP contribution < -0.4 is 0 Å². The molecule has 1 aliphatic rings. The number of aromatic amines is 1. The summed E-state index contributed by atoms with van der Waals surface area (Å²) in [5, 5.41) is 14.7. The Labute approximate surface area is 142 Å². The van der Waals surface area contributed by atoms with Gasteiger partial charge in [-0.3, -0.25) is 9.35 Å². The minimum Gasteiger partial charge on any atom is -0.346 e. The van der Waals surface area contributed by atoms with Crippen molar-refractivity contribution < 1.29 is 0 Å². The van der Waals surface area contributed by atoms with E-state index in [0.717, 1.165) is 41.8 Å². The van der Waals surface area contributed by atoms with Gasteiger partial charge in [0.05, 0.1) is 30.4 Å². The lowest BCUT2D eigenvalue weighted by atomic mass is 9.97. The van der Waals surface area contributed by atoms with Gasteiger partial charge >= 0.3 is 0 Å². The van der Waals surface area contributed by atoms with Gasteiger partial charge in [0.1, 0.15) is 12.0 Å². The Morgan fingerprint density at radius 2 is 2.38 bits per heavy atom. The SMILES string of the molecule is N#CCC(C1CCN(P)C1)n1cc(-c2ncnc3[nH]ccc23)cn1. The van der Waals surface area contributed by atoms with E-state index in [1.807, 2.05) is 29.3 Å². The highest BCUT2D eigenvalue weighted by Crippen LogP contribution is 2.33. The molecule has 3 atom stereocenters. The number of hydrogen-bond acceptors (Lipinski definition) is 5. The fraction of sp³-hybridized carbons (Fsp3) is 0.375. The average molecular weight is 339 g/mol. The zero-order valence-corrected chi connectivity index (χ0v) is 14.3. The molecular weight excluding hydrogens is 321 g/mol. The summed E-state index contributed by atoms with van der Waals surface area (Å²) < 4.78 is 4.17. The van der Waals surface area contributed by atoms with Crippen molar-refractivity contribution >= 4 is 20.4 Å². The highest BCUT2D eigenvalue weighted by atomic mass is 31.0. The van der Waals surface area contributed by atoms with E-state index in [0.29, 0.717) is 12.3 Å². The molecule has 3 unspecified atom stereocenters. The Hall–Kier alpha value is -2.29. The van der Waals surface area contributed by atoms with Crippen molar-refractivity contribution in [3.8, 4) is 17.3 Å². The number of fused-ring (bicyclic) bond motifs is 1. The molecule has 3 aromatic rings. The van der Waals surface area contributed by atoms with Crippen LogP contribution in [-0.2, 0) is 0 Å². The Morgan fingerprint density at radius 1 is 1.46 bits per heavy atom. The fourth-order valence-electron chi connectivity index (χ4n) is 3.44. The topological polar surface area (TPSA) is 86.4 Å². The summed E-state index contributed by atoms with van der Waals surface area (Å²) in [6.07, 6.45) is 8.79. The number of H-pyrrole nitrogens is 1. The van der Waals surface area contributed by atoms with Gasteiger partial charge in [-0.15, -0.1) is 0 Å². The number of hydrogen-bond donors (Lipinski definition) is 1. The molecule has 4 heterocycles. The second kappa shape index (κ2) is 6.31. The summed E-state index contributed by atoms with van der Waals surface area (Å²) in [7, 11) is 2.75. The number of nitrogens with zero attached hydrogens (tertiary/aromatic N) is 6. The van der Waals surface area contributed by atoms with Crippen molar-refractivity contribution in [3.05, 3.63) is 31.0 Å². The maximum absolute atomic E-state index is 9.23. The summed E-state index contributed by atoms with van der Waals surface area (Å²) in [6.45, 7) is 2.02. The van der Waals surface area contributed by atoms with Gasteiger partial charge in [0, 0.05) is 36.4 Å². The van der Waals surface area contributed by atoms with E-state index in [4.69, 9.17) is 0 Å². The molecule has 0 saturated carbocycles. The van der Waals surface area contributed by atoms with Crippen molar-refractivity contribution in [2.24, 2.45) is 5.92 Å². The average Bonchev–Trinajstić information content (AvgIpc) is 3.32. The zero-order chi connectivity index (χ0) is 16.5. The van der Waals surface area contributed by atoms with Crippen molar-refractivity contribution in [3.63, 3.8) is 0 Å². The van der Waals surface area contributed by atoms with E-state index in [2.05, 4.69) is 40.2 Å². The van der Waals surface area contributed by atoms with Crippen molar-refractivity contribution in [1.82, 2.24) is 29.4 Å². The van der Waals surface area contributed by atoms with Crippen molar-refractivity contribution in [2.45, 2.75) is 18.9 Å². The predicted octanol–water partition coefficient (Wildman–Crippen LogP) is 2.39. The predicted molar refractivity (Wildman–Crippen MR) is 93.8 cm³/mol. The summed E-state index contributed by atoms with van der Waals surface area (Å²) >= 11 is 0. The fourth-order valence-corrected chi connectivity index (χ4v) is 3.86. The van der Waals surface area contributed by atoms with E-state index in [-0.39, 0.29) is 6.04 Å². The van der Waals surface area contributed by atoms with E-state index < -0.39 is 0 Å². The molecule has 8 heteroatoms. The van der Waals surface area contributed by atoms with Crippen LogP contribution in [0.25, 0.3) is 22.3 Å². The van der Waals surface area contributed by atoms with E-state index >= 15 is 0 Å². The molecule has 24 heavy (non-hydrogen) atoms. The molecule has 1 aliphatic heterocycles. The van der Waals surface area contributed by atoms with Gasteiger partial charge in [0.25, 0.3) is 0 Å². The third kappa shape index (κ3) is 2.68. The van der Waals surface area contributed by atoms with Crippen LogP contribution in [0.1, 0.15) is 18.9 Å². The normalized spacial score (nSPS) is 19.6. The Kier molecular flexibility index (Phi) is 4.01. The van der Waals surface area contributed by atoms with Crippen LogP contribution in [0, 0.1) is 17.2 Å².